The molecule has 1 aliphatic heterocycles. The Hall–Kier alpha value is -0.410. The van der Waals surface area contributed by atoms with Crippen molar-refractivity contribution in [2.24, 2.45) is 5.92 Å². The Balaban J connectivity index is 2.79. The number of hydroxylamine groups is 2. The minimum Gasteiger partial charge on any atom is -0.300 e. The highest BCUT2D eigenvalue weighted by atomic mass is 16.5. The topological polar surface area (TPSA) is 41.7 Å². The Morgan fingerprint density at radius 1 is 1.27 bits per heavy atom. The molecule has 2 N–H and O–H groups in total. The molecule has 1 saturated heterocycles. The summed E-state index contributed by atoms with van der Waals surface area (Å²) in [5.74, 6) is 0.677. The van der Waals surface area contributed by atoms with Gasteiger partial charge in [-0.3, -0.25) is 0 Å². The van der Waals surface area contributed by atoms with Crippen LogP contribution in [-0.2, 0) is 4.79 Å². The number of rotatable bonds is 2. The van der Waals surface area contributed by atoms with Gasteiger partial charge in [0.15, 0.2) is 0 Å². The third-order valence-corrected chi connectivity index (χ3v) is 3.46. The molecule has 15 heavy (non-hydrogen) atoms. The van der Waals surface area contributed by atoms with Gasteiger partial charge >= 0.3 is 0 Å². The predicted octanol–water partition coefficient (Wildman–Crippen LogP) is 1.21. The number of hydrogen-bond donors (Lipinski definition) is 2. The lowest BCUT2D eigenvalue weighted by molar-refractivity contribution is -1.16. The number of quaternary nitrogens is 1. The first-order valence-electron chi connectivity index (χ1n) is 5.71. The molecule has 1 heterocycles. The van der Waals surface area contributed by atoms with Crippen LogP contribution >= 0.6 is 0 Å². The molecule has 88 valence electrons. The van der Waals surface area contributed by atoms with Crippen molar-refractivity contribution in [3.05, 3.63) is 0 Å². The summed E-state index contributed by atoms with van der Waals surface area (Å²) < 4.78 is 0. The van der Waals surface area contributed by atoms with Crippen molar-refractivity contribution >= 4 is 5.78 Å². The van der Waals surface area contributed by atoms with E-state index < -0.39 is 0 Å². The molecule has 0 spiro atoms. The van der Waals surface area contributed by atoms with Crippen molar-refractivity contribution in [3.8, 4) is 0 Å². The van der Waals surface area contributed by atoms with E-state index in [1.54, 1.807) is 6.92 Å². The SMILES string of the molecule is CC(=O)CC1CC(C)(C)[NH+](O)C(C)(C)C1. The maximum absolute atomic E-state index is 11.1. The summed E-state index contributed by atoms with van der Waals surface area (Å²) in [5, 5.41) is 10.7. The summed E-state index contributed by atoms with van der Waals surface area (Å²) in [4.78, 5) is 11.1. The summed E-state index contributed by atoms with van der Waals surface area (Å²) in [6.07, 6.45) is 2.49. The van der Waals surface area contributed by atoms with E-state index in [1.165, 1.54) is 0 Å². The first-order chi connectivity index (χ1) is 6.65. The van der Waals surface area contributed by atoms with Crippen LogP contribution in [-0.4, -0.2) is 22.1 Å². The highest BCUT2D eigenvalue weighted by Crippen LogP contribution is 2.30. The van der Waals surface area contributed by atoms with Crippen LogP contribution in [0.15, 0.2) is 0 Å². The lowest BCUT2D eigenvalue weighted by atomic mass is 9.74. The quantitative estimate of drug-likeness (QED) is 0.725. The summed E-state index contributed by atoms with van der Waals surface area (Å²) >= 11 is 0. The van der Waals surface area contributed by atoms with Crippen LogP contribution in [0.2, 0.25) is 0 Å². The standard InChI is InChI=1S/C12H23NO2/c1-9(14)6-10-7-11(2,3)13(15)12(4,5)8-10/h10,15H,6-8H2,1-5H3/p+1. The second kappa shape index (κ2) is 3.87. The molecule has 1 aliphatic rings. The Labute approximate surface area is 92.4 Å². The number of carbonyl (C=O) groups is 1. The molecule has 0 aliphatic carbocycles. The van der Waals surface area contributed by atoms with E-state index in [9.17, 15) is 10.0 Å². The van der Waals surface area contributed by atoms with E-state index in [0.29, 0.717) is 17.4 Å². The number of nitrogens with one attached hydrogen (secondary N) is 1. The fourth-order valence-electron chi connectivity index (χ4n) is 3.18. The Bertz CT molecular complexity index is 240. The molecule has 0 aromatic heterocycles. The fraction of sp³-hybridized carbons (Fsp3) is 0.917. The average molecular weight is 214 g/mol. The fourth-order valence-corrected chi connectivity index (χ4v) is 3.18. The van der Waals surface area contributed by atoms with Gasteiger partial charge in [0.1, 0.15) is 16.9 Å². The van der Waals surface area contributed by atoms with E-state index in [0.717, 1.165) is 12.8 Å². The van der Waals surface area contributed by atoms with Gasteiger partial charge in [0.2, 0.25) is 0 Å². The van der Waals surface area contributed by atoms with Crippen molar-refractivity contribution in [1.82, 2.24) is 0 Å². The van der Waals surface area contributed by atoms with Crippen LogP contribution in [0.3, 0.4) is 0 Å². The van der Waals surface area contributed by atoms with Gasteiger partial charge in [0.05, 0.1) is 0 Å². The lowest BCUT2D eigenvalue weighted by Crippen LogP contribution is -3.25. The van der Waals surface area contributed by atoms with Crippen molar-refractivity contribution in [2.75, 3.05) is 0 Å². The molecule has 3 heteroatoms. The molecule has 1 rings (SSSR count). The smallest absolute Gasteiger partial charge is 0.130 e. The highest BCUT2D eigenvalue weighted by molar-refractivity contribution is 5.75. The van der Waals surface area contributed by atoms with Crippen LogP contribution < -0.4 is 5.06 Å². The molecule has 1 fully saturated rings. The molecule has 0 atom stereocenters. The molecular weight excluding hydrogens is 190 g/mol. The molecule has 0 radical (unpaired) electrons. The second-order valence-electron chi connectivity index (χ2n) is 6.30. The van der Waals surface area contributed by atoms with E-state index in [-0.39, 0.29) is 16.9 Å². The molecular formula is C12H24NO2+. The van der Waals surface area contributed by atoms with Gasteiger partial charge in [-0.05, 0) is 40.5 Å². The monoisotopic (exact) mass is 214 g/mol. The van der Waals surface area contributed by atoms with Crippen molar-refractivity contribution in [2.45, 2.75) is 65.0 Å². The largest absolute Gasteiger partial charge is 0.300 e. The first-order valence-corrected chi connectivity index (χ1v) is 5.71. The minimum absolute atomic E-state index is 0.151. The van der Waals surface area contributed by atoms with E-state index in [1.807, 2.05) is 0 Å². The van der Waals surface area contributed by atoms with Gasteiger partial charge in [-0.25, -0.2) is 5.21 Å². The number of piperidine rings is 1. The van der Waals surface area contributed by atoms with E-state index in [4.69, 9.17) is 0 Å². The van der Waals surface area contributed by atoms with Crippen molar-refractivity contribution in [3.63, 3.8) is 0 Å². The van der Waals surface area contributed by atoms with E-state index >= 15 is 0 Å². The Morgan fingerprint density at radius 3 is 2.00 bits per heavy atom. The number of ketones is 1. The third kappa shape index (κ3) is 2.79. The summed E-state index contributed by atoms with van der Waals surface area (Å²) in [5.41, 5.74) is -0.302. The lowest BCUT2D eigenvalue weighted by Gasteiger charge is -2.47. The summed E-state index contributed by atoms with van der Waals surface area (Å²) in [6, 6.07) is 0. The minimum atomic E-state index is -0.151. The molecule has 0 saturated carbocycles. The summed E-state index contributed by atoms with van der Waals surface area (Å²) in [7, 11) is 0. The number of hydrogen-bond acceptors (Lipinski definition) is 2. The maximum Gasteiger partial charge on any atom is 0.130 e. The van der Waals surface area contributed by atoms with Crippen LogP contribution in [0.25, 0.3) is 0 Å². The summed E-state index contributed by atoms with van der Waals surface area (Å²) in [6.45, 7) is 9.91. The Morgan fingerprint density at radius 2 is 1.67 bits per heavy atom. The normalized spacial score (nSPS) is 33.7. The zero-order valence-electron chi connectivity index (χ0n) is 10.6. The maximum atomic E-state index is 11.1. The van der Waals surface area contributed by atoms with Gasteiger partial charge in [0.25, 0.3) is 0 Å². The van der Waals surface area contributed by atoms with Gasteiger partial charge < -0.3 is 4.79 Å². The van der Waals surface area contributed by atoms with Crippen LogP contribution in [0, 0.1) is 5.92 Å². The highest BCUT2D eigenvalue weighted by Gasteiger charge is 2.49. The van der Waals surface area contributed by atoms with Crippen LogP contribution in [0.1, 0.15) is 53.9 Å². The van der Waals surface area contributed by atoms with Gasteiger partial charge in [-0.1, -0.05) is 0 Å². The van der Waals surface area contributed by atoms with Crippen molar-refractivity contribution in [1.29, 1.82) is 0 Å². The predicted molar refractivity (Wildman–Crippen MR) is 58.9 cm³/mol. The zero-order chi connectivity index (χ0) is 11.9. The molecule has 3 nitrogen and oxygen atoms in total. The van der Waals surface area contributed by atoms with Gasteiger partial charge in [0, 0.05) is 19.3 Å². The van der Waals surface area contributed by atoms with Crippen LogP contribution in [0.4, 0.5) is 0 Å². The average Bonchev–Trinajstić information content (AvgIpc) is 1.97. The molecule has 0 aromatic carbocycles. The molecule has 0 amide bonds. The second-order valence-corrected chi connectivity index (χ2v) is 6.30. The van der Waals surface area contributed by atoms with Crippen molar-refractivity contribution < 1.29 is 15.1 Å². The van der Waals surface area contributed by atoms with Gasteiger partial charge in [-0.2, -0.15) is 5.06 Å². The molecule has 0 bridgehead atoms. The Kier molecular flexibility index (Phi) is 3.27. The third-order valence-electron chi connectivity index (χ3n) is 3.46. The van der Waals surface area contributed by atoms with Gasteiger partial charge in [-0.15, -0.1) is 0 Å². The molecule has 0 unspecified atom stereocenters. The number of carbonyl (C=O) groups excluding carboxylic acids is 1. The first kappa shape index (κ1) is 12.7. The zero-order valence-corrected chi connectivity index (χ0v) is 10.6. The number of Topliss-reactive ketones (excluding diaryl/α,β-unsaturated/α-hetero) is 1. The molecule has 0 aromatic rings. The van der Waals surface area contributed by atoms with E-state index in [2.05, 4.69) is 27.7 Å². The van der Waals surface area contributed by atoms with Crippen LogP contribution in [0.5, 0.6) is 0 Å².